The van der Waals surface area contributed by atoms with Crippen LogP contribution in [-0.2, 0) is 0 Å². The third kappa shape index (κ3) is 2.63. The lowest BCUT2D eigenvalue weighted by Crippen LogP contribution is -2.43. The first-order valence-electron chi connectivity index (χ1n) is 5.60. The van der Waals surface area contributed by atoms with Crippen LogP contribution in [0.5, 0.6) is 0 Å². The highest BCUT2D eigenvalue weighted by atomic mass is 32.2. The maximum atomic E-state index is 3.74. The number of rotatable bonds is 3. The molecule has 76 valence electrons. The normalized spacial score (nSPS) is 32.5. The highest BCUT2D eigenvalue weighted by molar-refractivity contribution is 7.99. The Morgan fingerprint density at radius 2 is 2.23 bits per heavy atom. The monoisotopic (exact) mass is 199 g/mol. The van der Waals surface area contributed by atoms with Gasteiger partial charge in [-0.2, -0.15) is 11.8 Å². The van der Waals surface area contributed by atoms with Gasteiger partial charge in [-0.15, -0.1) is 0 Å². The number of hydrogen-bond acceptors (Lipinski definition) is 2. The van der Waals surface area contributed by atoms with Gasteiger partial charge in [0.2, 0.25) is 0 Å². The van der Waals surface area contributed by atoms with E-state index < -0.39 is 0 Å². The second-order valence-corrected chi connectivity index (χ2v) is 6.11. The van der Waals surface area contributed by atoms with Crippen LogP contribution in [0.4, 0.5) is 0 Å². The van der Waals surface area contributed by atoms with Crippen molar-refractivity contribution in [2.24, 2.45) is 5.41 Å². The molecule has 0 radical (unpaired) electrons. The van der Waals surface area contributed by atoms with E-state index in [1.54, 1.807) is 0 Å². The van der Waals surface area contributed by atoms with Crippen molar-refractivity contribution in [3.63, 3.8) is 0 Å². The van der Waals surface area contributed by atoms with Gasteiger partial charge < -0.3 is 5.32 Å². The van der Waals surface area contributed by atoms with Crippen LogP contribution in [0.25, 0.3) is 0 Å². The predicted molar refractivity (Wildman–Crippen MR) is 60.3 cm³/mol. The van der Waals surface area contributed by atoms with Crippen molar-refractivity contribution >= 4 is 11.8 Å². The highest BCUT2D eigenvalue weighted by Crippen LogP contribution is 2.39. The van der Waals surface area contributed by atoms with E-state index in [9.17, 15) is 0 Å². The molecule has 0 aromatic heterocycles. The van der Waals surface area contributed by atoms with Crippen molar-refractivity contribution < 1.29 is 0 Å². The smallest absolute Gasteiger partial charge is 0.0158 e. The molecule has 2 fully saturated rings. The summed E-state index contributed by atoms with van der Waals surface area (Å²) in [5.74, 6) is 2.73. The third-order valence-corrected chi connectivity index (χ3v) is 4.75. The molecule has 0 spiro atoms. The van der Waals surface area contributed by atoms with E-state index in [-0.39, 0.29) is 0 Å². The predicted octanol–water partition coefficient (Wildman–Crippen LogP) is 2.66. The quantitative estimate of drug-likeness (QED) is 0.750. The molecule has 0 aromatic rings. The molecule has 0 amide bonds. The summed E-state index contributed by atoms with van der Waals surface area (Å²) in [6, 6.07) is 0.816. The molecule has 1 atom stereocenters. The summed E-state index contributed by atoms with van der Waals surface area (Å²) in [5.41, 5.74) is 0.655. The first-order valence-corrected chi connectivity index (χ1v) is 6.75. The van der Waals surface area contributed by atoms with Gasteiger partial charge in [0.05, 0.1) is 0 Å². The summed E-state index contributed by atoms with van der Waals surface area (Å²) in [6.45, 7) is 3.69. The van der Waals surface area contributed by atoms with E-state index in [2.05, 4.69) is 24.0 Å². The minimum Gasteiger partial charge on any atom is -0.313 e. The fourth-order valence-corrected chi connectivity index (χ4v) is 3.36. The molecule has 1 saturated heterocycles. The molecule has 1 saturated carbocycles. The third-order valence-electron chi connectivity index (χ3n) is 3.54. The molecule has 1 nitrogen and oxygen atoms in total. The molecule has 1 unspecified atom stereocenters. The maximum Gasteiger partial charge on any atom is 0.0158 e. The van der Waals surface area contributed by atoms with E-state index in [1.165, 1.54) is 50.2 Å². The second-order valence-electron chi connectivity index (χ2n) is 4.96. The van der Waals surface area contributed by atoms with Gasteiger partial charge in [0.25, 0.3) is 0 Å². The van der Waals surface area contributed by atoms with Crippen molar-refractivity contribution in [1.82, 2.24) is 5.32 Å². The van der Waals surface area contributed by atoms with Crippen LogP contribution >= 0.6 is 11.8 Å². The lowest BCUT2D eigenvalue weighted by molar-refractivity contribution is 0.151. The Kier molecular flexibility index (Phi) is 3.20. The van der Waals surface area contributed by atoms with Crippen LogP contribution in [0.15, 0.2) is 0 Å². The Bertz CT molecular complexity index is 159. The Morgan fingerprint density at radius 3 is 2.77 bits per heavy atom. The fourth-order valence-electron chi connectivity index (χ4n) is 2.25. The lowest BCUT2D eigenvalue weighted by Gasteiger charge is -2.40. The van der Waals surface area contributed by atoms with Gasteiger partial charge in [0.15, 0.2) is 0 Å². The van der Waals surface area contributed by atoms with Crippen LogP contribution < -0.4 is 5.32 Å². The summed E-state index contributed by atoms with van der Waals surface area (Å²) in [5, 5.41) is 3.74. The van der Waals surface area contributed by atoms with Crippen LogP contribution in [0, 0.1) is 5.41 Å². The lowest BCUT2D eigenvalue weighted by atomic mass is 9.70. The molecule has 1 aliphatic carbocycles. The highest BCUT2D eigenvalue weighted by Gasteiger charge is 2.31. The van der Waals surface area contributed by atoms with Crippen molar-refractivity contribution in [3.05, 3.63) is 0 Å². The topological polar surface area (TPSA) is 12.0 Å². The van der Waals surface area contributed by atoms with Gasteiger partial charge in [-0.3, -0.25) is 0 Å². The second kappa shape index (κ2) is 4.22. The number of thioether (sulfide) groups is 1. The Hall–Kier alpha value is 0.310. The Balaban J connectivity index is 1.66. The molecular formula is C11H21NS. The number of nitrogens with one attached hydrogen (secondary N) is 1. The summed E-state index contributed by atoms with van der Waals surface area (Å²) in [6.07, 6.45) is 7.17. The Morgan fingerprint density at radius 1 is 1.38 bits per heavy atom. The van der Waals surface area contributed by atoms with Crippen molar-refractivity contribution in [3.8, 4) is 0 Å². The molecule has 0 bridgehead atoms. The first-order chi connectivity index (χ1) is 6.29. The van der Waals surface area contributed by atoms with E-state index in [0.717, 1.165) is 6.04 Å². The molecule has 1 aliphatic heterocycles. The summed E-state index contributed by atoms with van der Waals surface area (Å²) >= 11 is 2.12. The largest absolute Gasteiger partial charge is 0.313 e. The minimum absolute atomic E-state index is 0.655. The van der Waals surface area contributed by atoms with Gasteiger partial charge in [-0.05, 0) is 36.9 Å². The van der Waals surface area contributed by atoms with Gasteiger partial charge in [-0.25, -0.2) is 0 Å². The van der Waals surface area contributed by atoms with Crippen LogP contribution in [-0.4, -0.2) is 24.1 Å². The molecule has 2 rings (SSSR count). The molecule has 13 heavy (non-hydrogen) atoms. The first kappa shape index (κ1) is 9.85. The van der Waals surface area contributed by atoms with Crippen LogP contribution in [0.2, 0.25) is 0 Å². The van der Waals surface area contributed by atoms with Crippen molar-refractivity contribution in [2.75, 3.05) is 18.1 Å². The average Bonchev–Trinajstić information content (AvgIpc) is 2.13. The molecule has 2 heteroatoms. The van der Waals surface area contributed by atoms with Gasteiger partial charge in [-0.1, -0.05) is 13.3 Å². The van der Waals surface area contributed by atoms with Gasteiger partial charge >= 0.3 is 0 Å². The molecule has 1 heterocycles. The SMILES string of the molecule is CC1(CNC2CCCSC2)CCC1. The molecular weight excluding hydrogens is 178 g/mol. The average molecular weight is 199 g/mol. The van der Waals surface area contributed by atoms with Crippen LogP contribution in [0.1, 0.15) is 39.0 Å². The molecule has 2 aliphatic rings. The molecule has 1 N–H and O–H groups in total. The Labute approximate surface area is 86.0 Å². The van der Waals surface area contributed by atoms with E-state index in [0.29, 0.717) is 5.41 Å². The fraction of sp³-hybridized carbons (Fsp3) is 1.00. The summed E-state index contributed by atoms with van der Waals surface area (Å²) in [7, 11) is 0. The van der Waals surface area contributed by atoms with Crippen LogP contribution in [0.3, 0.4) is 0 Å². The summed E-state index contributed by atoms with van der Waals surface area (Å²) in [4.78, 5) is 0. The van der Waals surface area contributed by atoms with Gasteiger partial charge in [0, 0.05) is 18.3 Å². The van der Waals surface area contributed by atoms with Crippen molar-refractivity contribution in [2.45, 2.75) is 45.1 Å². The zero-order chi connectivity index (χ0) is 9.15. The zero-order valence-corrected chi connectivity index (χ0v) is 9.46. The van der Waals surface area contributed by atoms with E-state index >= 15 is 0 Å². The van der Waals surface area contributed by atoms with E-state index in [1.807, 2.05) is 0 Å². The van der Waals surface area contributed by atoms with Gasteiger partial charge in [0.1, 0.15) is 0 Å². The summed E-state index contributed by atoms with van der Waals surface area (Å²) < 4.78 is 0. The molecule has 0 aromatic carbocycles. The van der Waals surface area contributed by atoms with E-state index in [4.69, 9.17) is 0 Å². The zero-order valence-electron chi connectivity index (χ0n) is 8.64. The standard InChI is InChI=1S/C11H21NS/c1-11(5-3-6-11)9-12-10-4-2-7-13-8-10/h10,12H,2-9H2,1H3. The number of hydrogen-bond donors (Lipinski definition) is 1. The maximum absolute atomic E-state index is 3.74. The van der Waals surface area contributed by atoms with Crippen molar-refractivity contribution in [1.29, 1.82) is 0 Å². The minimum atomic E-state index is 0.655.